The maximum atomic E-state index is 13.2. The Hall–Kier alpha value is -2.89. The predicted octanol–water partition coefficient (Wildman–Crippen LogP) is 4.28. The normalized spacial score (nSPS) is 18.9. The summed E-state index contributed by atoms with van der Waals surface area (Å²) in [6.07, 6.45) is 7.80. The van der Waals surface area contributed by atoms with Crippen LogP contribution < -0.4 is 10.9 Å². The van der Waals surface area contributed by atoms with Crippen LogP contribution in [0.1, 0.15) is 56.8 Å². The number of benzene rings is 1. The van der Waals surface area contributed by atoms with E-state index in [0.717, 1.165) is 35.3 Å². The zero-order chi connectivity index (χ0) is 22.0. The highest BCUT2D eigenvalue weighted by atomic mass is 16.1. The molecule has 1 fully saturated rings. The maximum absolute atomic E-state index is 13.2. The Labute approximate surface area is 183 Å². The SMILES string of the molecule is Cc1c2cnn(-c3ccccc3)c(=O)c2c(C)n1CCCC(=O)NC1CCCCC1C. The van der Waals surface area contributed by atoms with E-state index in [9.17, 15) is 9.59 Å². The Bertz CT molecular complexity index is 1130. The third-order valence-corrected chi connectivity index (χ3v) is 6.78. The molecule has 0 aliphatic heterocycles. The fourth-order valence-electron chi connectivity index (χ4n) is 4.91. The van der Waals surface area contributed by atoms with Gasteiger partial charge < -0.3 is 9.88 Å². The molecule has 1 N–H and O–H groups in total. The van der Waals surface area contributed by atoms with Crippen molar-refractivity contribution in [3.8, 4) is 5.69 Å². The van der Waals surface area contributed by atoms with Gasteiger partial charge in [-0.1, -0.05) is 38.0 Å². The molecule has 0 bridgehead atoms. The first-order chi connectivity index (χ1) is 15.0. The lowest BCUT2D eigenvalue weighted by atomic mass is 9.86. The topological polar surface area (TPSA) is 68.9 Å². The zero-order valence-electron chi connectivity index (χ0n) is 18.7. The van der Waals surface area contributed by atoms with E-state index in [1.165, 1.54) is 23.9 Å². The summed E-state index contributed by atoms with van der Waals surface area (Å²) in [6.45, 7) is 6.95. The molecule has 2 unspecified atom stereocenters. The van der Waals surface area contributed by atoms with Gasteiger partial charge in [-0.2, -0.15) is 9.78 Å². The average Bonchev–Trinajstić information content (AvgIpc) is 3.01. The number of amides is 1. The molecule has 1 amide bonds. The summed E-state index contributed by atoms with van der Waals surface area (Å²) in [7, 11) is 0. The summed E-state index contributed by atoms with van der Waals surface area (Å²) in [5, 5.41) is 9.22. The first-order valence-corrected chi connectivity index (χ1v) is 11.4. The van der Waals surface area contributed by atoms with E-state index in [2.05, 4.69) is 21.9 Å². The minimum absolute atomic E-state index is 0.105. The highest BCUT2D eigenvalue weighted by Gasteiger charge is 2.22. The number of para-hydroxylation sites is 1. The van der Waals surface area contributed by atoms with Gasteiger partial charge in [0.05, 0.1) is 17.3 Å². The van der Waals surface area contributed by atoms with Crippen molar-refractivity contribution in [3.05, 3.63) is 58.3 Å². The molecule has 31 heavy (non-hydrogen) atoms. The fraction of sp³-hybridized carbons (Fsp3) is 0.480. The van der Waals surface area contributed by atoms with Crippen LogP contribution in [-0.4, -0.2) is 26.3 Å². The fourth-order valence-corrected chi connectivity index (χ4v) is 4.91. The zero-order valence-corrected chi connectivity index (χ0v) is 18.7. The van der Waals surface area contributed by atoms with Gasteiger partial charge in [0.1, 0.15) is 0 Å². The Balaban J connectivity index is 1.49. The number of fused-ring (bicyclic) bond motifs is 1. The summed E-state index contributed by atoms with van der Waals surface area (Å²) in [6, 6.07) is 9.80. The van der Waals surface area contributed by atoms with Gasteiger partial charge in [0.25, 0.3) is 5.56 Å². The number of hydrogen-bond acceptors (Lipinski definition) is 3. The van der Waals surface area contributed by atoms with Crippen LogP contribution in [0.2, 0.25) is 0 Å². The molecule has 0 radical (unpaired) electrons. The molecular weight excluding hydrogens is 388 g/mol. The number of rotatable bonds is 6. The van der Waals surface area contributed by atoms with E-state index in [1.54, 1.807) is 6.20 Å². The summed E-state index contributed by atoms with van der Waals surface area (Å²) >= 11 is 0. The number of carbonyl (C=O) groups excluding carboxylic acids is 1. The Morgan fingerprint density at radius 1 is 1.13 bits per heavy atom. The van der Waals surface area contributed by atoms with Crippen molar-refractivity contribution in [1.82, 2.24) is 19.7 Å². The van der Waals surface area contributed by atoms with Gasteiger partial charge in [-0.3, -0.25) is 9.59 Å². The van der Waals surface area contributed by atoms with E-state index in [-0.39, 0.29) is 11.5 Å². The van der Waals surface area contributed by atoms with Crippen molar-refractivity contribution in [1.29, 1.82) is 0 Å². The lowest BCUT2D eigenvalue weighted by Gasteiger charge is -2.29. The monoisotopic (exact) mass is 420 g/mol. The molecule has 1 aromatic carbocycles. The number of carbonyl (C=O) groups is 1. The smallest absolute Gasteiger partial charge is 0.281 e. The average molecular weight is 421 g/mol. The van der Waals surface area contributed by atoms with Crippen molar-refractivity contribution >= 4 is 16.7 Å². The standard InChI is InChI=1S/C25H32N4O2/c1-17-10-7-8-13-22(17)27-23(30)14-9-15-28-18(2)21-16-26-29(20-11-5-4-6-12-20)25(31)24(21)19(28)3/h4-6,11-12,16-17,22H,7-10,13-15H2,1-3H3,(H,27,30). The summed E-state index contributed by atoms with van der Waals surface area (Å²) in [5.41, 5.74) is 2.62. The van der Waals surface area contributed by atoms with Gasteiger partial charge >= 0.3 is 0 Å². The number of aryl methyl sites for hydroxylation is 2. The summed E-state index contributed by atoms with van der Waals surface area (Å²) in [4.78, 5) is 25.6. The van der Waals surface area contributed by atoms with Crippen LogP contribution in [0.15, 0.2) is 41.3 Å². The van der Waals surface area contributed by atoms with E-state index in [1.807, 2.05) is 44.2 Å². The minimum atomic E-state index is -0.105. The molecule has 164 valence electrons. The largest absolute Gasteiger partial charge is 0.353 e. The van der Waals surface area contributed by atoms with E-state index in [4.69, 9.17) is 0 Å². The van der Waals surface area contributed by atoms with Crippen LogP contribution in [-0.2, 0) is 11.3 Å². The lowest BCUT2D eigenvalue weighted by molar-refractivity contribution is -0.122. The number of aromatic nitrogens is 3. The molecule has 6 nitrogen and oxygen atoms in total. The predicted molar refractivity (Wildman–Crippen MR) is 124 cm³/mol. The maximum Gasteiger partial charge on any atom is 0.281 e. The van der Waals surface area contributed by atoms with Crippen molar-refractivity contribution in [2.45, 2.75) is 71.9 Å². The molecular formula is C25H32N4O2. The molecule has 2 heterocycles. The quantitative estimate of drug-likeness (QED) is 0.647. The first kappa shape index (κ1) is 21.3. The second-order valence-electron chi connectivity index (χ2n) is 8.85. The van der Waals surface area contributed by atoms with Gasteiger partial charge in [-0.05, 0) is 51.2 Å². The van der Waals surface area contributed by atoms with Crippen molar-refractivity contribution < 1.29 is 4.79 Å². The summed E-state index contributed by atoms with van der Waals surface area (Å²) in [5.74, 6) is 0.704. The molecule has 1 saturated carbocycles. The molecule has 4 rings (SSSR count). The second-order valence-corrected chi connectivity index (χ2v) is 8.85. The molecule has 1 aliphatic carbocycles. The lowest BCUT2D eigenvalue weighted by Crippen LogP contribution is -2.41. The first-order valence-electron chi connectivity index (χ1n) is 11.4. The molecule has 2 aromatic heterocycles. The van der Waals surface area contributed by atoms with Crippen LogP contribution in [0.5, 0.6) is 0 Å². The molecule has 0 spiro atoms. The van der Waals surface area contributed by atoms with Crippen molar-refractivity contribution in [3.63, 3.8) is 0 Å². The Morgan fingerprint density at radius 3 is 2.61 bits per heavy atom. The van der Waals surface area contributed by atoms with Gasteiger partial charge in [0, 0.05) is 35.8 Å². The minimum Gasteiger partial charge on any atom is -0.353 e. The third-order valence-electron chi connectivity index (χ3n) is 6.78. The molecule has 2 atom stereocenters. The highest BCUT2D eigenvalue weighted by molar-refractivity contribution is 5.87. The van der Waals surface area contributed by atoms with Crippen LogP contribution in [0.25, 0.3) is 16.5 Å². The van der Waals surface area contributed by atoms with Crippen molar-refractivity contribution in [2.24, 2.45) is 5.92 Å². The molecule has 1 aliphatic rings. The van der Waals surface area contributed by atoms with Crippen LogP contribution in [0, 0.1) is 19.8 Å². The molecule has 3 aromatic rings. The summed E-state index contributed by atoms with van der Waals surface area (Å²) < 4.78 is 3.61. The van der Waals surface area contributed by atoms with Crippen molar-refractivity contribution in [2.75, 3.05) is 0 Å². The van der Waals surface area contributed by atoms with Gasteiger partial charge in [0.2, 0.25) is 5.91 Å². The Kier molecular flexibility index (Phi) is 6.25. The van der Waals surface area contributed by atoms with E-state index in [0.29, 0.717) is 30.3 Å². The Morgan fingerprint density at radius 2 is 1.87 bits per heavy atom. The number of nitrogens with zero attached hydrogens (tertiary/aromatic N) is 3. The van der Waals surface area contributed by atoms with Crippen LogP contribution in [0.4, 0.5) is 0 Å². The second kappa shape index (κ2) is 9.08. The van der Waals surface area contributed by atoms with Crippen LogP contribution >= 0.6 is 0 Å². The van der Waals surface area contributed by atoms with E-state index < -0.39 is 0 Å². The molecule has 0 saturated heterocycles. The molecule has 6 heteroatoms. The van der Waals surface area contributed by atoms with Gasteiger partial charge in [0.15, 0.2) is 0 Å². The van der Waals surface area contributed by atoms with Crippen LogP contribution in [0.3, 0.4) is 0 Å². The van der Waals surface area contributed by atoms with Gasteiger partial charge in [-0.15, -0.1) is 0 Å². The highest BCUT2D eigenvalue weighted by Crippen LogP contribution is 2.25. The number of nitrogens with one attached hydrogen (secondary N) is 1. The number of hydrogen-bond donors (Lipinski definition) is 1. The van der Waals surface area contributed by atoms with Gasteiger partial charge in [-0.25, -0.2) is 0 Å². The third kappa shape index (κ3) is 4.29. The van der Waals surface area contributed by atoms with E-state index >= 15 is 0 Å².